The van der Waals surface area contributed by atoms with Crippen molar-refractivity contribution in [2.45, 2.75) is 56.9 Å². The fourth-order valence-corrected chi connectivity index (χ4v) is 4.64. The number of carbonyl (C=O) groups is 2. The molecule has 1 saturated carbocycles. The van der Waals surface area contributed by atoms with Gasteiger partial charge >= 0.3 is 0 Å². The molecule has 1 N–H and O–H groups in total. The van der Waals surface area contributed by atoms with E-state index in [1.807, 2.05) is 12.2 Å². The van der Waals surface area contributed by atoms with Gasteiger partial charge in [-0.15, -0.1) is 10.2 Å². The lowest BCUT2D eigenvalue weighted by Crippen LogP contribution is -2.48. The van der Waals surface area contributed by atoms with Crippen LogP contribution in [0.4, 0.5) is 5.13 Å². The number of carbonyl (C=O) groups excluding carboxylic acids is 2. The molecule has 3 aliphatic rings. The largest absolute Gasteiger partial charge is 0.317 e. The average molecular weight is 371 g/mol. The van der Waals surface area contributed by atoms with Gasteiger partial charge in [-0.2, -0.15) is 4.99 Å². The molecule has 8 heteroatoms. The van der Waals surface area contributed by atoms with Gasteiger partial charge in [0.25, 0.3) is 5.91 Å². The first-order valence-electron chi connectivity index (χ1n) is 8.97. The first-order valence-corrected chi connectivity index (χ1v) is 9.78. The Morgan fingerprint density at radius 2 is 2.12 bits per heavy atom. The molecule has 0 radical (unpaired) electrons. The van der Waals surface area contributed by atoms with Crippen LogP contribution in [0.2, 0.25) is 0 Å². The molecule has 1 aromatic rings. The number of allylic oxidation sites excluding steroid dienone is 2. The predicted octanol–water partition coefficient (Wildman–Crippen LogP) is 3.00. The summed E-state index contributed by atoms with van der Waals surface area (Å²) in [5.74, 6) is 0.468. The molecule has 0 saturated heterocycles. The molecule has 7 nitrogen and oxygen atoms in total. The third-order valence-electron chi connectivity index (χ3n) is 5.19. The Bertz CT molecular complexity index is 821. The fraction of sp³-hybridized carbons (Fsp3) is 0.500. The molecule has 26 heavy (non-hydrogen) atoms. The van der Waals surface area contributed by atoms with Crippen LogP contribution < -0.4 is 5.32 Å². The highest BCUT2D eigenvalue weighted by molar-refractivity contribution is 7.15. The number of nitrogens with zero attached hydrogens (tertiary/aromatic N) is 4. The number of hydrogen-bond acceptors (Lipinski definition) is 6. The van der Waals surface area contributed by atoms with Crippen LogP contribution in [0.15, 0.2) is 29.4 Å². The Hall–Kier alpha value is -2.35. The zero-order chi connectivity index (χ0) is 18.1. The summed E-state index contributed by atoms with van der Waals surface area (Å²) < 4.78 is 0. The maximum absolute atomic E-state index is 12.5. The molecule has 0 bridgehead atoms. The van der Waals surface area contributed by atoms with Crippen LogP contribution in [0.1, 0.15) is 56.4 Å². The van der Waals surface area contributed by atoms with Crippen LogP contribution in [0.3, 0.4) is 0 Å². The van der Waals surface area contributed by atoms with E-state index in [4.69, 9.17) is 0 Å². The average Bonchev–Trinajstić information content (AvgIpc) is 3.19. The van der Waals surface area contributed by atoms with E-state index in [1.165, 1.54) is 30.6 Å². The van der Waals surface area contributed by atoms with Crippen molar-refractivity contribution in [3.05, 3.63) is 29.4 Å². The normalized spacial score (nSPS) is 25.3. The first-order chi connectivity index (χ1) is 12.6. The molecule has 0 unspecified atom stereocenters. The smallest absolute Gasteiger partial charge is 0.274 e. The highest BCUT2D eigenvalue weighted by atomic mass is 32.1. The van der Waals surface area contributed by atoms with E-state index < -0.39 is 5.54 Å². The van der Waals surface area contributed by atoms with Crippen LogP contribution in [0.25, 0.3) is 0 Å². The standard InChI is InChI=1S/C18H21N5O2S/c1-18(16(25)19-13-9-5-6-10-23(13)18)11-14(24)20-17-22-21-15(26-17)12-7-3-2-4-8-12/h5-6,9-10,12H,2-4,7-8,11H2,1H3,(H,20,22,24)/t18-/m0/s1. The maximum Gasteiger partial charge on any atom is 0.274 e. The number of aromatic nitrogens is 2. The monoisotopic (exact) mass is 371 g/mol. The quantitative estimate of drug-likeness (QED) is 0.879. The molecule has 3 heterocycles. The second-order valence-corrected chi connectivity index (χ2v) is 8.13. The lowest BCUT2D eigenvalue weighted by Gasteiger charge is -2.32. The lowest BCUT2D eigenvalue weighted by molar-refractivity contribution is -0.128. The van der Waals surface area contributed by atoms with E-state index in [-0.39, 0.29) is 18.2 Å². The Balaban J connectivity index is 1.41. The van der Waals surface area contributed by atoms with Gasteiger partial charge in [0.05, 0.1) is 6.42 Å². The molecule has 4 rings (SSSR count). The van der Waals surface area contributed by atoms with E-state index in [0.717, 1.165) is 17.8 Å². The number of fused-ring (bicyclic) bond motifs is 1. The molecule has 1 aliphatic carbocycles. The van der Waals surface area contributed by atoms with Crippen LogP contribution in [-0.4, -0.2) is 38.3 Å². The van der Waals surface area contributed by atoms with E-state index >= 15 is 0 Å². The van der Waals surface area contributed by atoms with Crippen molar-refractivity contribution in [2.75, 3.05) is 5.32 Å². The SMILES string of the molecule is C[C@]1(CC(=O)Nc2nnc(C3CCCCC3)s2)C(=O)N=C2C=CC=CN21. The summed E-state index contributed by atoms with van der Waals surface area (Å²) in [7, 11) is 0. The van der Waals surface area contributed by atoms with Gasteiger partial charge < -0.3 is 10.2 Å². The summed E-state index contributed by atoms with van der Waals surface area (Å²) in [4.78, 5) is 30.7. The summed E-state index contributed by atoms with van der Waals surface area (Å²) >= 11 is 1.44. The zero-order valence-electron chi connectivity index (χ0n) is 14.6. The third-order valence-corrected chi connectivity index (χ3v) is 6.19. The van der Waals surface area contributed by atoms with Gasteiger partial charge in [0, 0.05) is 12.1 Å². The Morgan fingerprint density at radius 3 is 2.92 bits per heavy atom. The Labute approximate surface area is 155 Å². The van der Waals surface area contributed by atoms with Gasteiger partial charge in [0.15, 0.2) is 0 Å². The minimum absolute atomic E-state index is 0.00928. The van der Waals surface area contributed by atoms with Gasteiger partial charge in [0.2, 0.25) is 11.0 Å². The zero-order valence-corrected chi connectivity index (χ0v) is 15.5. The number of anilines is 1. The maximum atomic E-state index is 12.5. The number of aliphatic imine (C=N–C) groups is 1. The van der Waals surface area contributed by atoms with Gasteiger partial charge in [-0.3, -0.25) is 9.59 Å². The van der Waals surface area contributed by atoms with Crippen LogP contribution in [0.5, 0.6) is 0 Å². The molecular formula is C18H21N5O2S. The summed E-state index contributed by atoms with van der Waals surface area (Å²) in [6.45, 7) is 1.74. The summed E-state index contributed by atoms with van der Waals surface area (Å²) in [6, 6.07) is 0. The van der Waals surface area contributed by atoms with Crippen LogP contribution in [-0.2, 0) is 9.59 Å². The molecule has 0 spiro atoms. The van der Waals surface area contributed by atoms with E-state index in [2.05, 4.69) is 20.5 Å². The minimum Gasteiger partial charge on any atom is -0.317 e. The first kappa shape index (κ1) is 17.1. The summed E-state index contributed by atoms with van der Waals surface area (Å²) in [6.07, 6.45) is 13.2. The third kappa shape index (κ3) is 3.09. The van der Waals surface area contributed by atoms with Crippen molar-refractivity contribution in [2.24, 2.45) is 4.99 Å². The molecule has 1 aromatic heterocycles. The minimum atomic E-state index is -1.00. The van der Waals surface area contributed by atoms with Crippen molar-refractivity contribution >= 4 is 34.1 Å². The number of amidine groups is 1. The molecular weight excluding hydrogens is 350 g/mol. The fourth-order valence-electron chi connectivity index (χ4n) is 3.71. The van der Waals surface area contributed by atoms with Crippen molar-refractivity contribution in [1.29, 1.82) is 0 Å². The predicted molar refractivity (Wildman–Crippen MR) is 99.9 cm³/mol. The van der Waals surface area contributed by atoms with Gasteiger partial charge in [-0.1, -0.05) is 36.7 Å². The number of nitrogens with one attached hydrogen (secondary N) is 1. The molecule has 2 aliphatic heterocycles. The Morgan fingerprint density at radius 1 is 1.31 bits per heavy atom. The van der Waals surface area contributed by atoms with Gasteiger partial charge in [0.1, 0.15) is 16.4 Å². The van der Waals surface area contributed by atoms with E-state index in [0.29, 0.717) is 16.9 Å². The van der Waals surface area contributed by atoms with E-state index in [1.54, 1.807) is 24.1 Å². The molecule has 136 valence electrons. The highest BCUT2D eigenvalue weighted by Crippen LogP contribution is 2.35. The highest BCUT2D eigenvalue weighted by Gasteiger charge is 2.46. The van der Waals surface area contributed by atoms with Crippen molar-refractivity contribution < 1.29 is 9.59 Å². The summed E-state index contributed by atoms with van der Waals surface area (Å²) in [5, 5.41) is 12.7. The van der Waals surface area contributed by atoms with Crippen LogP contribution >= 0.6 is 11.3 Å². The number of rotatable bonds is 4. The molecule has 2 amide bonds. The number of amides is 2. The second-order valence-electron chi connectivity index (χ2n) is 7.12. The Kier molecular flexibility index (Phi) is 4.44. The van der Waals surface area contributed by atoms with Crippen molar-refractivity contribution in [3.63, 3.8) is 0 Å². The van der Waals surface area contributed by atoms with Crippen molar-refractivity contribution in [1.82, 2.24) is 15.1 Å². The molecule has 1 atom stereocenters. The summed E-state index contributed by atoms with van der Waals surface area (Å²) in [5.41, 5.74) is -1.00. The van der Waals surface area contributed by atoms with E-state index in [9.17, 15) is 9.59 Å². The van der Waals surface area contributed by atoms with Crippen LogP contribution in [0, 0.1) is 0 Å². The molecule has 1 fully saturated rings. The number of hydrogen-bond donors (Lipinski definition) is 1. The van der Waals surface area contributed by atoms with Gasteiger partial charge in [-0.25, -0.2) is 0 Å². The van der Waals surface area contributed by atoms with Crippen molar-refractivity contribution in [3.8, 4) is 0 Å². The molecule has 0 aromatic carbocycles. The topological polar surface area (TPSA) is 87.5 Å². The van der Waals surface area contributed by atoms with Gasteiger partial charge in [-0.05, 0) is 31.9 Å². The second kappa shape index (κ2) is 6.75. The lowest BCUT2D eigenvalue weighted by atomic mass is 9.90.